The van der Waals surface area contributed by atoms with Gasteiger partial charge in [-0.3, -0.25) is 9.78 Å². The standard InChI is InChI=1S/C13H11N7O2/c1-19-13(22)20(18-17-19)10-4-2-9(3-5-10)16-12(21)11-8-14-6-7-15-11/h2-8H,1H3,(H,16,21). The van der Waals surface area contributed by atoms with E-state index >= 15 is 0 Å². The number of nitrogens with one attached hydrogen (secondary N) is 1. The summed E-state index contributed by atoms with van der Waals surface area (Å²) in [5.74, 6) is -0.363. The van der Waals surface area contributed by atoms with E-state index in [-0.39, 0.29) is 17.3 Å². The lowest BCUT2D eigenvalue weighted by atomic mass is 10.2. The van der Waals surface area contributed by atoms with Crippen LogP contribution in [0, 0.1) is 0 Å². The van der Waals surface area contributed by atoms with Crippen molar-refractivity contribution in [2.24, 2.45) is 7.05 Å². The molecule has 22 heavy (non-hydrogen) atoms. The first-order valence-electron chi connectivity index (χ1n) is 6.32. The average Bonchev–Trinajstić information content (AvgIpc) is 2.89. The lowest BCUT2D eigenvalue weighted by molar-refractivity contribution is 0.102. The smallest absolute Gasteiger partial charge is 0.321 e. The Morgan fingerprint density at radius 2 is 1.91 bits per heavy atom. The minimum atomic E-state index is -0.363. The molecule has 0 bridgehead atoms. The molecule has 0 aliphatic carbocycles. The maximum Gasteiger partial charge on any atom is 0.368 e. The molecule has 110 valence electrons. The van der Waals surface area contributed by atoms with Crippen LogP contribution in [-0.2, 0) is 7.05 Å². The zero-order valence-electron chi connectivity index (χ0n) is 11.5. The number of nitrogens with zero attached hydrogens (tertiary/aromatic N) is 6. The summed E-state index contributed by atoms with van der Waals surface area (Å²) in [6, 6.07) is 6.63. The van der Waals surface area contributed by atoms with E-state index in [9.17, 15) is 9.59 Å². The second kappa shape index (κ2) is 5.56. The fourth-order valence-corrected chi connectivity index (χ4v) is 1.77. The summed E-state index contributed by atoms with van der Waals surface area (Å²) in [7, 11) is 1.52. The Morgan fingerprint density at radius 3 is 2.50 bits per heavy atom. The van der Waals surface area contributed by atoms with Crippen LogP contribution in [0.15, 0.2) is 47.7 Å². The molecule has 0 aliphatic heterocycles. The molecule has 1 aromatic carbocycles. The number of rotatable bonds is 3. The molecule has 2 heterocycles. The van der Waals surface area contributed by atoms with Gasteiger partial charge in [-0.2, -0.15) is 9.36 Å². The van der Waals surface area contributed by atoms with Gasteiger partial charge in [-0.15, -0.1) is 0 Å². The van der Waals surface area contributed by atoms with Crippen LogP contribution in [0.1, 0.15) is 10.5 Å². The van der Waals surface area contributed by atoms with Gasteiger partial charge in [0.2, 0.25) is 0 Å². The van der Waals surface area contributed by atoms with Gasteiger partial charge in [0.25, 0.3) is 5.91 Å². The Balaban J connectivity index is 1.79. The highest BCUT2D eigenvalue weighted by Crippen LogP contribution is 2.12. The third-order valence-electron chi connectivity index (χ3n) is 2.89. The number of tetrazole rings is 1. The second-order valence-corrected chi connectivity index (χ2v) is 4.39. The van der Waals surface area contributed by atoms with Crippen molar-refractivity contribution in [3.63, 3.8) is 0 Å². The van der Waals surface area contributed by atoms with Crippen LogP contribution in [0.4, 0.5) is 5.69 Å². The van der Waals surface area contributed by atoms with Crippen molar-refractivity contribution in [1.82, 2.24) is 29.8 Å². The van der Waals surface area contributed by atoms with Gasteiger partial charge in [0.05, 0.1) is 11.9 Å². The lowest BCUT2D eigenvalue weighted by Crippen LogP contribution is -2.21. The zero-order valence-corrected chi connectivity index (χ0v) is 11.5. The summed E-state index contributed by atoms with van der Waals surface area (Å²) in [6.45, 7) is 0. The number of carbonyl (C=O) groups excluding carboxylic acids is 1. The van der Waals surface area contributed by atoms with E-state index in [1.807, 2.05) is 0 Å². The highest BCUT2D eigenvalue weighted by atomic mass is 16.2. The largest absolute Gasteiger partial charge is 0.368 e. The number of amides is 1. The Kier molecular flexibility index (Phi) is 3.44. The third-order valence-corrected chi connectivity index (χ3v) is 2.89. The van der Waals surface area contributed by atoms with Crippen molar-refractivity contribution < 1.29 is 4.79 Å². The molecule has 0 aliphatic rings. The summed E-state index contributed by atoms with van der Waals surface area (Å²) in [6.07, 6.45) is 4.31. The highest BCUT2D eigenvalue weighted by molar-refractivity contribution is 6.02. The number of hydrogen-bond acceptors (Lipinski definition) is 6. The SMILES string of the molecule is Cn1nnn(-c2ccc(NC(=O)c3cnccn3)cc2)c1=O. The quantitative estimate of drug-likeness (QED) is 0.729. The Morgan fingerprint density at radius 1 is 1.14 bits per heavy atom. The minimum Gasteiger partial charge on any atom is -0.321 e. The van der Waals surface area contributed by atoms with Crippen molar-refractivity contribution in [3.8, 4) is 5.69 Å². The van der Waals surface area contributed by atoms with Gasteiger partial charge >= 0.3 is 5.69 Å². The maximum absolute atomic E-state index is 11.9. The van der Waals surface area contributed by atoms with E-state index in [1.54, 1.807) is 24.3 Å². The topological polar surface area (TPSA) is 108 Å². The Labute approximate surface area is 124 Å². The number of carbonyl (C=O) groups is 1. The molecule has 1 N–H and O–H groups in total. The molecule has 0 spiro atoms. The molecular formula is C13H11N7O2. The van der Waals surface area contributed by atoms with E-state index in [4.69, 9.17) is 0 Å². The van der Waals surface area contributed by atoms with Crippen LogP contribution in [0.25, 0.3) is 5.69 Å². The summed E-state index contributed by atoms with van der Waals surface area (Å²) < 4.78 is 2.29. The third kappa shape index (κ3) is 2.59. The molecule has 0 saturated heterocycles. The average molecular weight is 297 g/mol. The van der Waals surface area contributed by atoms with Gasteiger partial charge in [-0.1, -0.05) is 0 Å². The predicted octanol–water partition coefficient (Wildman–Crippen LogP) is 0.00830. The number of benzene rings is 1. The van der Waals surface area contributed by atoms with Crippen LogP contribution < -0.4 is 11.0 Å². The molecule has 9 heteroatoms. The number of hydrogen-bond donors (Lipinski definition) is 1. The van der Waals surface area contributed by atoms with E-state index in [0.29, 0.717) is 11.4 Å². The highest BCUT2D eigenvalue weighted by Gasteiger charge is 2.09. The van der Waals surface area contributed by atoms with Crippen molar-refractivity contribution in [3.05, 3.63) is 59.0 Å². The van der Waals surface area contributed by atoms with Gasteiger partial charge in [0, 0.05) is 25.1 Å². The molecule has 3 aromatic rings. The van der Waals surface area contributed by atoms with E-state index in [2.05, 4.69) is 25.7 Å². The van der Waals surface area contributed by atoms with Crippen molar-refractivity contribution in [2.75, 3.05) is 5.32 Å². The Bertz CT molecular complexity index is 852. The molecule has 0 unspecified atom stereocenters. The molecule has 0 atom stereocenters. The van der Waals surface area contributed by atoms with Crippen molar-refractivity contribution in [2.45, 2.75) is 0 Å². The summed E-state index contributed by atoms with van der Waals surface area (Å²) in [5.41, 5.74) is 0.986. The Hall–Kier alpha value is -3.36. The predicted molar refractivity (Wildman–Crippen MR) is 76.6 cm³/mol. The minimum absolute atomic E-state index is 0.219. The zero-order chi connectivity index (χ0) is 15.5. The van der Waals surface area contributed by atoms with Crippen molar-refractivity contribution >= 4 is 11.6 Å². The van der Waals surface area contributed by atoms with Gasteiger partial charge in [0.1, 0.15) is 5.69 Å². The fourth-order valence-electron chi connectivity index (χ4n) is 1.77. The number of aryl methyl sites for hydroxylation is 1. The summed E-state index contributed by atoms with van der Waals surface area (Å²) >= 11 is 0. The van der Waals surface area contributed by atoms with Gasteiger partial charge in [0.15, 0.2) is 0 Å². The maximum atomic E-state index is 11.9. The normalized spacial score (nSPS) is 10.4. The van der Waals surface area contributed by atoms with E-state index in [1.165, 1.54) is 25.6 Å². The van der Waals surface area contributed by atoms with E-state index in [0.717, 1.165) is 9.36 Å². The van der Waals surface area contributed by atoms with Crippen LogP contribution in [-0.4, -0.2) is 35.7 Å². The van der Waals surface area contributed by atoms with Gasteiger partial charge < -0.3 is 5.32 Å². The first-order valence-corrected chi connectivity index (χ1v) is 6.32. The summed E-state index contributed by atoms with van der Waals surface area (Å²) in [5, 5.41) is 10.1. The second-order valence-electron chi connectivity index (χ2n) is 4.39. The molecule has 3 rings (SSSR count). The van der Waals surface area contributed by atoms with Gasteiger partial charge in [-0.25, -0.2) is 9.78 Å². The monoisotopic (exact) mass is 297 g/mol. The van der Waals surface area contributed by atoms with Crippen LogP contribution >= 0.6 is 0 Å². The molecule has 9 nitrogen and oxygen atoms in total. The number of aromatic nitrogens is 6. The number of anilines is 1. The summed E-state index contributed by atoms with van der Waals surface area (Å²) in [4.78, 5) is 31.4. The van der Waals surface area contributed by atoms with Crippen LogP contribution in [0.5, 0.6) is 0 Å². The van der Waals surface area contributed by atoms with Crippen LogP contribution in [0.3, 0.4) is 0 Å². The lowest BCUT2D eigenvalue weighted by Gasteiger charge is -2.05. The first kappa shape index (κ1) is 13.6. The molecule has 0 radical (unpaired) electrons. The van der Waals surface area contributed by atoms with E-state index < -0.39 is 0 Å². The molecule has 0 saturated carbocycles. The van der Waals surface area contributed by atoms with Gasteiger partial charge in [-0.05, 0) is 34.7 Å². The molecule has 2 aromatic heterocycles. The molecular weight excluding hydrogens is 286 g/mol. The van der Waals surface area contributed by atoms with Crippen LogP contribution in [0.2, 0.25) is 0 Å². The molecule has 0 fully saturated rings. The van der Waals surface area contributed by atoms with Crippen molar-refractivity contribution in [1.29, 1.82) is 0 Å². The first-order chi connectivity index (χ1) is 10.6. The fraction of sp³-hybridized carbons (Fsp3) is 0.0769. The molecule has 1 amide bonds.